The zero-order valence-corrected chi connectivity index (χ0v) is 11.5. The summed E-state index contributed by atoms with van der Waals surface area (Å²) in [4.78, 5) is 0. The van der Waals surface area contributed by atoms with Crippen LogP contribution in [0, 0.1) is 10.8 Å². The summed E-state index contributed by atoms with van der Waals surface area (Å²) in [5.41, 5.74) is 8.53. The molecule has 0 radical (unpaired) electrons. The molecule has 0 amide bonds. The Morgan fingerprint density at radius 3 is 1.73 bits per heavy atom. The Kier molecular flexibility index (Phi) is 4.69. The second-order valence-electron chi connectivity index (χ2n) is 6.22. The summed E-state index contributed by atoms with van der Waals surface area (Å²) in [7, 11) is 0. The Labute approximate surface area is 95.3 Å². The van der Waals surface area contributed by atoms with Crippen LogP contribution >= 0.6 is 0 Å². The van der Waals surface area contributed by atoms with E-state index in [1.165, 1.54) is 5.70 Å². The second kappa shape index (κ2) is 4.91. The van der Waals surface area contributed by atoms with E-state index in [1.54, 1.807) is 0 Å². The van der Waals surface area contributed by atoms with Gasteiger partial charge in [-0.25, -0.2) is 0 Å². The normalized spacial score (nSPS) is 14.9. The Bertz CT molecular complexity index is 226. The highest BCUT2D eigenvalue weighted by Crippen LogP contribution is 2.31. The van der Waals surface area contributed by atoms with Crippen LogP contribution in [-0.4, -0.2) is 6.54 Å². The molecule has 0 heterocycles. The minimum Gasteiger partial charge on any atom is -0.400 e. The van der Waals surface area contributed by atoms with Crippen LogP contribution in [0.5, 0.6) is 0 Å². The molecule has 0 aromatic heterocycles. The average Bonchev–Trinajstić information content (AvgIpc) is 2.00. The van der Waals surface area contributed by atoms with Crippen molar-refractivity contribution in [3.63, 3.8) is 0 Å². The summed E-state index contributed by atoms with van der Waals surface area (Å²) in [6.07, 6.45) is 1.12. The van der Waals surface area contributed by atoms with Crippen LogP contribution in [0.2, 0.25) is 0 Å². The third kappa shape index (κ3) is 4.59. The molecule has 0 aliphatic rings. The molecule has 0 saturated carbocycles. The molecular weight excluding hydrogens is 184 g/mol. The van der Waals surface area contributed by atoms with Gasteiger partial charge in [-0.2, -0.15) is 0 Å². The SMILES string of the molecule is CCCN/C(=C(\N)C(C)(C)C)C(C)(C)C. The zero-order chi connectivity index (χ0) is 12.3. The molecule has 0 bridgehead atoms. The van der Waals surface area contributed by atoms with E-state index in [2.05, 4.69) is 53.8 Å². The molecule has 0 aliphatic heterocycles. The fourth-order valence-corrected chi connectivity index (χ4v) is 1.39. The lowest BCUT2D eigenvalue weighted by Crippen LogP contribution is -2.33. The van der Waals surface area contributed by atoms with E-state index in [1.807, 2.05) is 0 Å². The molecule has 90 valence electrons. The molecule has 2 heteroatoms. The van der Waals surface area contributed by atoms with Gasteiger partial charge in [-0.15, -0.1) is 0 Å². The van der Waals surface area contributed by atoms with Gasteiger partial charge in [-0.1, -0.05) is 48.5 Å². The second-order valence-corrected chi connectivity index (χ2v) is 6.22. The van der Waals surface area contributed by atoms with Gasteiger partial charge >= 0.3 is 0 Å². The number of allylic oxidation sites excluding steroid dienone is 2. The molecular formula is C13H28N2. The standard InChI is InChI=1S/C13H28N2/c1-8-9-15-11(13(5,6)7)10(14)12(2,3)4/h15H,8-9,14H2,1-7H3/b11-10-. The van der Waals surface area contributed by atoms with Crippen molar-refractivity contribution in [3.8, 4) is 0 Å². The smallest absolute Gasteiger partial charge is 0.0357 e. The van der Waals surface area contributed by atoms with Gasteiger partial charge in [-0.3, -0.25) is 0 Å². The predicted octanol–water partition coefficient (Wildman–Crippen LogP) is 3.25. The van der Waals surface area contributed by atoms with Crippen molar-refractivity contribution < 1.29 is 0 Å². The van der Waals surface area contributed by atoms with Crippen molar-refractivity contribution in [1.29, 1.82) is 0 Å². The minimum absolute atomic E-state index is 0.0311. The molecule has 0 spiro atoms. The first-order chi connectivity index (χ1) is 6.60. The number of nitrogens with two attached hydrogens (primary N) is 1. The lowest BCUT2D eigenvalue weighted by molar-refractivity contribution is 0.410. The topological polar surface area (TPSA) is 38.0 Å². The van der Waals surface area contributed by atoms with E-state index in [-0.39, 0.29) is 10.8 Å². The minimum atomic E-state index is 0.0311. The summed E-state index contributed by atoms with van der Waals surface area (Å²) in [6.45, 7) is 16.2. The Morgan fingerprint density at radius 1 is 1.00 bits per heavy atom. The first-order valence-electron chi connectivity index (χ1n) is 5.85. The largest absolute Gasteiger partial charge is 0.400 e. The Morgan fingerprint density at radius 2 is 1.47 bits per heavy atom. The van der Waals surface area contributed by atoms with E-state index in [0.29, 0.717) is 0 Å². The molecule has 3 N–H and O–H groups in total. The maximum absolute atomic E-state index is 6.24. The van der Waals surface area contributed by atoms with Crippen molar-refractivity contribution in [1.82, 2.24) is 5.32 Å². The summed E-state index contributed by atoms with van der Waals surface area (Å²) in [6, 6.07) is 0. The van der Waals surface area contributed by atoms with Gasteiger partial charge in [0.25, 0.3) is 0 Å². The maximum Gasteiger partial charge on any atom is 0.0357 e. The fourth-order valence-electron chi connectivity index (χ4n) is 1.39. The van der Waals surface area contributed by atoms with Crippen LogP contribution in [0.15, 0.2) is 11.4 Å². The lowest BCUT2D eigenvalue weighted by atomic mass is 9.82. The fraction of sp³-hybridized carbons (Fsp3) is 0.846. The first kappa shape index (κ1) is 14.3. The van der Waals surface area contributed by atoms with Crippen molar-refractivity contribution >= 4 is 0 Å². The maximum atomic E-state index is 6.24. The Hall–Kier alpha value is -0.660. The van der Waals surface area contributed by atoms with Crippen LogP contribution in [-0.2, 0) is 0 Å². The third-order valence-electron chi connectivity index (χ3n) is 2.38. The molecule has 0 aromatic carbocycles. The van der Waals surface area contributed by atoms with Crippen LogP contribution in [0.25, 0.3) is 0 Å². The Balaban J connectivity index is 5.09. The third-order valence-corrected chi connectivity index (χ3v) is 2.38. The van der Waals surface area contributed by atoms with Crippen LogP contribution < -0.4 is 11.1 Å². The molecule has 0 fully saturated rings. The monoisotopic (exact) mass is 212 g/mol. The number of hydrogen-bond acceptors (Lipinski definition) is 2. The molecule has 0 saturated heterocycles. The van der Waals surface area contributed by atoms with Crippen molar-refractivity contribution in [2.24, 2.45) is 16.6 Å². The number of rotatable bonds is 3. The summed E-state index contributed by atoms with van der Waals surface area (Å²) in [5, 5.41) is 3.47. The van der Waals surface area contributed by atoms with Gasteiger partial charge < -0.3 is 11.1 Å². The van der Waals surface area contributed by atoms with Gasteiger partial charge in [0, 0.05) is 28.8 Å². The predicted molar refractivity (Wildman–Crippen MR) is 68.4 cm³/mol. The van der Waals surface area contributed by atoms with Gasteiger partial charge in [0.1, 0.15) is 0 Å². The molecule has 2 nitrogen and oxygen atoms in total. The summed E-state index contributed by atoms with van der Waals surface area (Å²) in [5.74, 6) is 0. The van der Waals surface area contributed by atoms with Gasteiger partial charge in [0.05, 0.1) is 0 Å². The average molecular weight is 212 g/mol. The van der Waals surface area contributed by atoms with E-state index in [0.717, 1.165) is 18.7 Å². The number of nitrogens with one attached hydrogen (secondary N) is 1. The van der Waals surface area contributed by atoms with Crippen LogP contribution in [0.1, 0.15) is 54.9 Å². The van der Waals surface area contributed by atoms with E-state index < -0.39 is 0 Å². The number of hydrogen-bond donors (Lipinski definition) is 2. The summed E-state index contributed by atoms with van der Waals surface area (Å²) >= 11 is 0. The highest BCUT2D eigenvalue weighted by molar-refractivity contribution is 5.20. The highest BCUT2D eigenvalue weighted by Gasteiger charge is 2.25. The van der Waals surface area contributed by atoms with E-state index >= 15 is 0 Å². The quantitative estimate of drug-likeness (QED) is 0.753. The van der Waals surface area contributed by atoms with Crippen molar-refractivity contribution in [2.45, 2.75) is 54.9 Å². The first-order valence-corrected chi connectivity index (χ1v) is 5.85. The molecule has 0 unspecified atom stereocenters. The zero-order valence-electron chi connectivity index (χ0n) is 11.5. The van der Waals surface area contributed by atoms with Crippen molar-refractivity contribution in [3.05, 3.63) is 11.4 Å². The molecule has 0 atom stereocenters. The van der Waals surface area contributed by atoms with Crippen LogP contribution in [0.4, 0.5) is 0 Å². The molecule has 0 aromatic rings. The van der Waals surface area contributed by atoms with E-state index in [9.17, 15) is 0 Å². The van der Waals surface area contributed by atoms with E-state index in [4.69, 9.17) is 5.73 Å². The van der Waals surface area contributed by atoms with Gasteiger partial charge in [0.15, 0.2) is 0 Å². The molecule has 0 aliphatic carbocycles. The van der Waals surface area contributed by atoms with Crippen LogP contribution in [0.3, 0.4) is 0 Å². The van der Waals surface area contributed by atoms with Gasteiger partial charge in [-0.05, 0) is 6.42 Å². The highest BCUT2D eigenvalue weighted by atomic mass is 14.9. The van der Waals surface area contributed by atoms with Crippen molar-refractivity contribution in [2.75, 3.05) is 6.54 Å². The summed E-state index contributed by atoms with van der Waals surface area (Å²) < 4.78 is 0. The lowest BCUT2D eigenvalue weighted by Gasteiger charge is -2.31. The van der Waals surface area contributed by atoms with Gasteiger partial charge in [0.2, 0.25) is 0 Å². The molecule has 0 rings (SSSR count). The molecule has 15 heavy (non-hydrogen) atoms.